The first kappa shape index (κ1) is 9.58. The molecule has 2 heterocycles. The quantitative estimate of drug-likeness (QED) is 0.771. The normalized spacial score (nSPS) is 10.2. The third-order valence-electron chi connectivity index (χ3n) is 2.31. The monoisotopic (exact) mass is 201 g/mol. The number of aromatic amines is 1. The zero-order valence-corrected chi connectivity index (χ0v) is 8.40. The highest BCUT2D eigenvalue weighted by molar-refractivity contribution is 5.87. The summed E-state index contributed by atoms with van der Waals surface area (Å²) in [6, 6.07) is 3.67. The van der Waals surface area contributed by atoms with Gasteiger partial charge in [0, 0.05) is 23.7 Å². The Labute approximate surface area is 87.4 Å². The summed E-state index contributed by atoms with van der Waals surface area (Å²) in [5, 5.41) is 7.02. The summed E-state index contributed by atoms with van der Waals surface area (Å²) >= 11 is 0. The highest BCUT2D eigenvalue weighted by atomic mass is 16.1. The van der Waals surface area contributed by atoms with Gasteiger partial charge in [-0.1, -0.05) is 6.92 Å². The van der Waals surface area contributed by atoms with Gasteiger partial charge >= 0.3 is 0 Å². The number of aldehydes is 1. The number of aromatic nitrogens is 3. The molecule has 0 fully saturated rings. The van der Waals surface area contributed by atoms with Crippen molar-refractivity contribution < 1.29 is 4.79 Å². The van der Waals surface area contributed by atoms with Gasteiger partial charge < -0.3 is 0 Å². The van der Waals surface area contributed by atoms with Crippen LogP contribution in [0.3, 0.4) is 0 Å². The van der Waals surface area contributed by atoms with Crippen molar-refractivity contribution in [1.29, 1.82) is 0 Å². The average Bonchev–Trinajstić information content (AvgIpc) is 2.72. The van der Waals surface area contributed by atoms with Crippen molar-refractivity contribution in [2.75, 3.05) is 0 Å². The first-order valence-corrected chi connectivity index (χ1v) is 4.79. The lowest BCUT2D eigenvalue weighted by Crippen LogP contribution is -1.89. The summed E-state index contributed by atoms with van der Waals surface area (Å²) in [5.41, 5.74) is 3.12. The number of rotatable bonds is 3. The summed E-state index contributed by atoms with van der Waals surface area (Å²) in [6.07, 6.45) is 4.98. The molecule has 0 aliphatic carbocycles. The van der Waals surface area contributed by atoms with Gasteiger partial charge in [-0.15, -0.1) is 0 Å². The lowest BCUT2D eigenvalue weighted by atomic mass is 10.1. The summed E-state index contributed by atoms with van der Waals surface area (Å²) in [4.78, 5) is 14.9. The summed E-state index contributed by atoms with van der Waals surface area (Å²) in [6.45, 7) is 1.98. The molecule has 0 unspecified atom stereocenters. The van der Waals surface area contributed by atoms with Crippen molar-refractivity contribution in [3.63, 3.8) is 0 Å². The third-order valence-corrected chi connectivity index (χ3v) is 2.31. The number of H-pyrrole nitrogens is 1. The van der Waals surface area contributed by atoms with Crippen LogP contribution in [0.25, 0.3) is 11.3 Å². The number of hydrogen-bond acceptors (Lipinski definition) is 3. The first-order valence-electron chi connectivity index (χ1n) is 4.79. The predicted molar refractivity (Wildman–Crippen MR) is 56.6 cm³/mol. The van der Waals surface area contributed by atoms with Gasteiger partial charge in [-0.25, -0.2) is 0 Å². The Morgan fingerprint density at radius 3 is 2.73 bits per heavy atom. The second kappa shape index (κ2) is 4.04. The maximum atomic E-state index is 11.0. The standard InChI is InChI=1S/C11H11N3O/c1-2-10-9(7-15)11(14-13-10)8-3-5-12-6-4-8/h3-7H,2H2,1H3,(H,13,14). The molecule has 0 spiro atoms. The minimum Gasteiger partial charge on any atom is -0.298 e. The number of pyridine rings is 1. The van der Waals surface area contributed by atoms with Crippen molar-refractivity contribution in [3.8, 4) is 11.3 Å². The van der Waals surface area contributed by atoms with Crippen LogP contribution in [-0.2, 0) is 6.42 Å². The minimum atomic E-state index is 0.642. The summed E-state index contributed by atoms with van der Waals surface area (Å²) in [7, 11) is 0. The Hall–Kier alpha value is -1.97. The maximum Gasteiger partial charge on any atom is 0.154 e. The molecule has 4 nitrogen and oxygen atoms in total. The molecule has 2 aromatic heterocycles. The number of carbonyl (C=O) groups is 1. The van der Waals surface area contributed by atoms with E-state index in [1.807, 2.05) is 19.1 Å². The van der Waals surface area contributed by atoms with Gasteiger partial charge in [-0.2, -0.15) is 5.10 Å². The smallest absolute Gasteiger partial charge is 0.154 e. The minimum absolute atomic E-state index is 0.642. The average molecular weight is 201 g/mol. The van der Waals surface area contributed by atoms with Gasteiger partial charge in [0.2, 0.25) is 0 Å². The SMILES string of the molecule is CCc1[nH]nc(-c2ccncc2)c1C=O. The van der Waals surface area contributed by atoms with Gasteiger partial charge in [0.1, 0.15) is 5.69 Å². The van der Waals surface area contributed by atoms with Crippen LogP contribution in [0.4, 0.5) is 0 Å². The molecule has 0 saturated heterocycles. The van der Waals surface area contributed by atoms with E-state index in [0.717, 1.165) is 24.0 Å². The Bertz CT molecular complexity index is 462. The fourth-order valence-electron chi connectivity index (χ4n) is 1.51. The second-order valence-corrected chi connectivity index (χ2v) is 3.17. The molecule has 0 aliphatic rings. The Morgan fingerprint density at radius 2 is 2.13 bits per heavy atom. The van der Waals surface area contributed by atoms with Crippen molar-refractivity contribution in [2.24, 2.45) is 0 Å². The van der Waals surface area contributed by atoms with Crippen molar-refractivity contribution >= 4 is 6.29 Å². The first-order chi connectivity index (χ1) is 7.36. The Kier molecular flexibility index (Phi) is 2.58. The van der Waals surface area contributed by atoms with E-state index in [0.29, 0.717) is 11.3 Å². The zero-order chi connectivity index (χ0) is 10.7. The number of nitrogens with zero attached hydrogens (tertiary/aromatic N) is 2. The number of hydrogen-bond donors (Lipinski definition) is 1. The van der Waals surface area contributed by atoms with Crippen molar-refractivity contribution in [2.45, 2.75) is 13.3 Å². The van der Waals surface area contributed by atoms with Crippen LogP contribution in [0, 0.1) is 0 Å². The van der Waals surface area contributed by atoms with Gasteiger partial charge in [-0.3, -0.25) is 14.9 Å². The third kappa shape index (κ3) is 1.66. The zero-order valence-electron chi connectivity index (χ0n) is 8.40. The molecule has 4 heteroatoms. The van der Waals surface area contributed by atoms with E-state index in [1.54, 1.807) is 12.4 Å². The molecule has 2 rings (SSSR count). The molecule has 0 atom stereocenters. The molecule has 2 aromatic rings. The van der Waals surface area contributed by atoms with E-state index < -0.39 is 0 Å². The van der Waals surface area contributed by atoms with E-state index in [9.17, 15) is 4.79 Å². The number of aryl methyl sites for hydroxylation is 1. The molecule has 0 amide bonds. The summed E-state index contributed by atoms with van der Waals surface area (Å²) < 4.78 is 0. The van der Waals surface area contributed by atoms with E-state index in [1.165, 1.54) is 0 Å². The predicted octanol–water partition coefficient (Wildman–Crippen LogP) is 1.85. The van der Waals surface area contributed by atoms with E-state index in [4.69, 9.17) is 0 Å². The molecule has 76 valence electrons. The molecular formula is C11H11N3O. The van der Waals surface area contributed by atoms with Crippen LogP contribution in [0.15, 0.2) is 24.5 Å². The van der Waals surface area contributed by atoms with Gasteiger partial charge in [0.15, 0.2) is 6.29 Å². The molecule has 15 heavy (non-hydrogen) atoms. The van der Waals surface area contributed by atoms with E-state index in [2.05, 4.69) is 15.2 Å². The number of nitrogens with one attached hydrogen (secondary N) is 1. The van der Waals surface area contributed by atoms with Gasteiger partial charge in [0.05, 0.1) is 5.56 Å². The summed E-state index contributed by atoms with van der Waals surface area (Å²) in [5.74, 6) is 0. The van der Waals surface area contributed by atoms with Crippen LogP contribution >= 0.6 is 0 Å². The van der Waals surface area contributed by atoms with Crippen molar-refractivity contribution in [3.05, 3.63) is 35.8 Å². The number of carbonyl (C=O) groups excluding carboxylic acids is 1. The van der Waals surface area contributed by atoms with Crippen molar-refractivity contribution in [1.82, 2.24) is 15.2 Å². The molecule has 0 radical (unpaired) electrons. The van der Waals surface area contributed by atoms with Crippen LogP contribution in [0.5, 0.6) is 0 Å². The van der Waals surface area contributed by atoms with Crippen LogP contribution in [0.2, 0.25) is 0 Å². The van der Waals surface area contributed by atoms with Crippen LogP contribution in [0.1, 0.15) is 23.0 Å². The second-order valence-electron chi connectivity index (χ2n) is 3.17. The Balaban J connectivity index is 2.54. The molecule has 1 N–H and O–H groups in total. The lowest BCUT2D eigenvalue weighted by molar-refractivity contribution is 0.112. The molecular weight excluding hydrogens is 190 g/mol. The molecule has 0 bridgehead atoms. The van der Waals surface area contributed by atoms with E-state index >= 15 is 0 Å². The maximum absolute atomic E-state index is 11.0. The highest BCUT2D eigenvalue weighted by Gasteiger charge is 2.12. The molecule has 0 saturated carbocycles. The van der Waals surface area contributed by atoms with Crippen LogP contribution in [-0.4, -0.2) is 21.5 Å². The highest BCUT2D eigenvalue weighted by Crippen LogP contribution is 2.21. The van der Waals surface area contributed by atoms with Gasteiger partial charge in [0.25, 0.3) is 0 Å². The fraction of sp³-hybridized carbons (Fsp3) is 0.182. The largest absolute Gasteiger partial charge is 0.298 e. The van der Waals surface area contributed by atoms with E-state index in [-0.39, 0.29) is 0 Å². The molecule has 0 aromatic carbocycles. The molecule has 0 aliphatic heterocycles. The van der Waals surface area contributed by atoms with Gasteiger partial charge in [-0.05, 0) is 18.6 Å². The topological polar surface area (TPSA) is 58.6 Å². The lowest BCUT2D eigenvalue weighted by Gasteiger charge is -1.96. The fourth-order valence-corrected chi connectivity index (χ4v) is 1.51. The van der Waals surface area contributed by atoms with Crippen LogP contribution < -0.4 is 0 Å². The Morgan fingerprint density at radius 1 is 1.40 bits per heavy atom.